The normalized spacial score (nSPS) is 10.6. The second-order valence-electron chi connectivity index (χ2n) is 4.78. The van der Waals surface area contributed by atoms with E-state index in [0.29, 0.717) is 11.6 Å². The van der Waals surface area contributed by atoms with Crippen molar-refractivity contribution in [2.75, 3.05) is 5.73 Å². The smallest absolute Gasteiger partial charge is 0.162 e. The topological polar surface area (TPSA) is 51.8 Å². The number of aromatic nitrogens is 2. The summed E-state index contributed by atoms with van der Waals surface area (Å²) in [5, 5.41) is 0. The van der Waals surface area contributed by atoms with Gasteiger partial charge in [-0.25, -0.2) is 9.97 Å². The molecule has 0 amide bonds. The van der Waals surface area contributed by atoms with Crippen LogP contribution in [0.15, 0.2) is 59.1 Å². The molecular weight excluding hydrogens is 326 g/mol. The van der Waals surface area contributed by atoms with Crippen LogP contribution in [0.4, 0.5) is 5.82 Å². The molecular formula is C17H14BrN3. The van der Waals surface area contributed by atoms with Gasteiger partial charge in [-0.2, -0.15) is 0 Å². The Bertz CT molecular complexity index is 768. The lowest BCUT2D eigenvalue weighted by Crippen LogP contribution is -2.02. The summed E-state index contributed by atoms with van der Waals surface area (Å²) in [6.07, 6.45) is 0. The van der Waals surface area contributed by atoms with Gasteiger partial charge in [0.15, 0.2) is 5.82 Å². The monoisotopic (exact) mass is 339 g/mol. The Morgan fingerprint density at radius 3 is 2.19 bits per heavy atom. The predicted octanol–water partition coefficient (Wildman–Crippen LogP) is 4.46. The maximum absolute atomic E-state index is 6.07. The molecule has 0 saturated carbocycles. The van der Waals surface area contributed by atoms with E-state index in [9.17, 15) is 0 Å². The molecule has 0 aliphatic heterocycles. The molecule has 2 N–H and O–H groups in total. The van der Waals surface area contributed by atoms with Crippen molar-refractivity contribution in [2.24, 2.45) is 0 Å². The van der Waals surface area contributed by atoms with E-state index in [1.165, 1.54) is 0 Å². The first-order chi connectivity index (χ1) is 10.1. The Balaban J connectivity index is 2.16. The Labute approximate surface area is 132 Å². The SMILES string of the molecule is Cc1c(N)nc(-c2ccc(Br)cc2)nc1-c1ccccc1. The standard InChI is InChI=1S/C17H14BrN3/c1-11-15(12-5-3-2-4-6-12)20-17(21-16(11)19)13-7-9-14(18)10-8-13/h2-10H,1H3,(H2,19,20,21). The molecule has 21 heavy (non-hydrogen) atoms. The van der Waals surface area contributed by atoms with Gasteiger partial charge in [-0.1, -0.05) is 58.4 Å². The lowest BCUT2D eigenvalue weighted by Gasteiger charge is -2.10. The van der Waals surface area contributed by atoms with Crippen LogP contribution in [0.25, 0.3) is 22.6 Å². The highest BCUT2D eigenvalue weighted by Crippen LogP contribution is 2.27. The van der Waals surface area contributed by atoms with E-state index in [4.69, 9.17) is 10.7 Å². The maximum Gasteiger partial charge on any atom is 0.162 e. The molecule has 1 heterocycles. The minimum atomic E-state index is 0.516. The number of nitrogens with zero attached hydrogens (tertiary/aromatic N) is 2. The number of nitrogens with two attached hydrogens (primary N) is 1. The largest absolute Gasteiger partial charge is 0.383 e. The number of benzene rings is 2. The number of anilines is 1. The maximum atomic E-state index is 6.07. The summed E-state index contributed by atoms with van der Waals surface area (Å²) in [4.78, 5) is 9.11. The molecule has 0 fully saturated rings. The molecule has 0 aliphatic carbocycles. The average Bonchev–Trinajstić information content (AvgIpc) is 2.51. The van der Waals surface area contributed by atoms with Gasteiger partial charge in [0, 0.05) is 21.2 Å². The van der Waals surface area contributed by atoms with Crippen LogP contribution in [0.5, 0.6) is 0 Å². The van der Waals surface area contributed by atoms with Crippen molar-refractivity contribution in [3.63, 3.8) is 0 Å². The summed E-state index contributed by atoms with van der Waals surface area (Å²) >= 11 is 3.43. The first-order valence-electron chi connectivity index (χ1n) is 6.60. The zero-order valence-electron chi connectivity index (χ0n) is 11.5. The fourth-order valence-electron chi connectivity index (χ4n) is 2.14. The van der Waals surface area contributed by atoms with E-state index in [0.717, 1.165) is 26.9 Å². The van der Waals surface area contributed by atoms with Crippen LogP contribution >= 0.6 is 15.9 Å². The van der Waals surface area contributed by atoms with Gasteiger partial charge in [0.2, 0.25) is 0 Å². The minimum absolute atomic E-state index is 0.516. The van der Waals surface area contributed by atoms with Gasteiger partial charge in [-0.05, 0) is 19.1 Å². The molecule has 4 heteroatoms. The fraction of sp³-hybridized carbons (Fsp3) is 0.0588. The third-order valence-electron chi connectivity index (χ3n) is 3.33. The van der Waals surface area contributed by atoms with Crippen molar-refractivity contribution in [2.45, 2.75) is 6.92 Å². The predicted molar refractivity (Wildman–Crippen MR) is 89.8 cm³/mol. The number of halogens is 1. The molecule has 0 aliphatic rings. The van der Waals surface area contributed by atoms with Crippen molar-refractivity contribution in [3.05, 3.63) is 64.6 Å². The molecule has 3 rings (SSSR count). The highest BCUT2D eigenvalue weighted by atomic mass is 79.9. The molecule has 0 unspecified atom stereocenters. The highest BCUT2D eigenvalue weighted by Gasteiger charge is 2.11. The molecule has 0 saturated heterocycles. The van der Waals surface area contributed by atoms with Gasteiger partial charge in [0.25, 0.3) is 0 Å². The Morgan fingerprint density at radius 1 is 0.857 bits per heavy atom. The lowest BCUT2D eigenvalue weighted by atomic mass is 10.1. The van der Waals surface area contributed by atoms with Crippen molar-refractivity contribution < 1.29 is 0 Å². The van der Waals surface area contributed by atoms with Crippen LogP contribution in [0, 0.1) is 6.92 Å². The van der Waals surface area contributed by atoms with E-state index >= 15 is 0 Å². The number of hydrogen-bond acceptors (Lipinski definition) is 3. The molecule has 2 aromatic carbocycles. The van der Waals surface area contributed by atoms with Gasteiger partial charge in [0.05, 0.1) is 5.69 Å². The average molecular weight is 340 g/mol. The van der Waals surface area contributed by atoms with Crippen LogP contribution in [0.2, 0.25) is 0 Å². The first kappa shape index (κ1) is 13.8. The number of rotatable bonds is 2. The Hall–Kier alpha value is -2.20. The Morgan fingerprint density at radius 2 is 1.52 bits per heavy atom. The quantitative estimate of drug-likeness (QED) is 0.749. The third kappa shape index (κ3) is 2.81. The van der Waals surface area contributed by atoms with Crippen LogP contribution in [0.3, 0.4) is 0 Å². The summed E-state index contributed by atoms with van der Waals surface area (Å²) in [7, 11) is 0. The first-order valence-corrected chi connectivity index (χ1v) is 7.40. The van der Waals surface area contributed by atoms with Crippen LogP contribution in [-0.2, 0) is 0 Å². The molecule has 0 spiro atoms. The van der Waals surface area contributed by atoms with Crippen LogP contribution < -0.4 is 5.73 Å². The zero-order valence-corrected chi connectivity index (χ0v) is 13.1. The summed E-state index contributed by atoms with van der Waals surface area (Å²) < 4.78 is 1.02. The van der Waals surface area contributed by atoms with Crippen molar-refractivity contribution >= 4 is 21.7 Å². The van der Waals surface area contributed by atoms with E-state index in [1.807, 2.05) is 61.5 Å². The van der Waals surface area contributed by atoms with Gasteiger partial charge >= 0.3 is 0 Å². The van der Waals surface area contributed by atoms with Crippen molar-refractivity contribution in [1.29, 1.82) is 0 Å². The zero-order chi connectivity index (χ0) is 14.8. The van der Waals surface area contributed by atoms with Gasteiger partial charge in [-0.3, -0.25) is 0 Å². The van der Waals surface area contributed by atoms with Crippen LogP contribution in [-0.4, -0.2) is 9.97 Å². The Kier molecular flexibility index (Phi) is 3.71. The summed E-state index contributed by atoms with van der Waals surface area (Å²) in [6.45, 7) is 1.95. The van der Waals surface area contributed by atoms with Crippen molar-refractivity contribution in [3.8, 4) is 22.6 Å². The van der Waals surface area contributed by atoms with Crippen LogP contribution in [0.1, 0.15) is 5.56 Å². The van der Waals surface area contributed by atoms with E-state index < -0.39 is 0 Å². The van der Waals surface area contributed by atoms with E-state index in [1.54, 1.807) is 0 Å². The summed E-state index contributed by atoms with van der Waals surface area (Å²) in [5.41, 5.74) is 9.84. The fourth-order valence-corrected chi connectivity index (χ4v) is 2.40. The van der Waals surface area contributed by atoms with Gasteiger partial charge in [0.1, 0.15) is 5.82 Å². The number of nitrogen functional groups attached to an aromatic ring is 1. The molecule has 0 bridgehead atoms. The van der Waals surface area contributed by atoms with E-state index in [-0.39, 0.29) is 0 Å². The lowest BCUT2D eigenvalue weighted by molar-refractivity contribution is 1.15. The van der Waals surface area contributed by atoms with Gasteiger partial charge in [-0.15, -0.1) is 0 Å². The molecule has 104 valence electrons. The summed E-state index contributed by atoms with van der Waals surface area (Å²) in [6, 6.07) is 17.9. The molecule has 0 atom stereocenters. The molecule has 0 radical (unpaired) electrons. The minimum Gasteiger partial charge on any atom is -0.383 e. The van der Waals surface area contributed by atoms with Crippen molar-refractivity contribution in [1.82, 2.24) is 9.97 Å². The molecule has 3 nitrogen and oxygen atoms in total. The second kappa shape index (κ2) is 5.66. The van der Waals surface area contributed by atoms with E-state index in [2.05, 4.69) is 20.9 Å². The molecule has 1 aromatic heterocycles. The third-order valence-corrected chi connectivity index (χ3v) is 3.86. The summed E-state index contributed by atoms with van der Waals surface area (Å²) in [5.74, 6) is 1.16. The second-order valence-corrected chi connectivity index (χ2v) is 5.69. The highest BCUT2D eigenvalue weighted by molar-refractivity contribution is 9.10. The van der Waals surface area contributed by atoms with Gasteiger partial charge < -0.3 is 5.73 Å². The number of hydrogen-bond donors (Lipinski definition) is 1. The molecule has 3 aromatic rings.